The fourth-order valence-electron chi connectivity index (χ4n) is 2.29. The Morgan fingerprint density at radius 2 is 2.15 bits per heavy atom. The second kappa shape index (κ2) is 4.76. The number of alkyl halides is 3. The third-order valence-electron chi connectivity index (χ3n) is 3.41. The van der Waals surface area contributed by atoms with Gasteiger partial charge in [0, 0.05) is 6.54 Å². The largest absolute Gasteiger partial charge is 0.416 e. The van der Waals surface area contributed by atoms with Gasteiger partial charge in [-0.15, -0.1) is 0 Å². The summed E-state index contributed by atoms with van der Waals surface area (Å²) in [4.78, 5) is 12.1. The van der Waals surface area contributed by atoms with Crippen molar-refractivity contribution in [2.75, 3.05) is 0 Å². The Balaban J connectivity index is 2.15. The highest BCUT2D eigenvalue weighted by atomic mass is 19.4. The molecule has 8 heteroatoms. The van der Waals surface area contributed by atoms with Crippen molar-refractivity contribution in [3.05, 3.63) is 17.5 Å². The molecule has 112 valence electrons. The minimum Gasteiger partial charge on any atom is -0.382 e. The lowest BCUT2D eigenvalue weighted by molar-refractivity contribution is -0.222. The number of carbonyl (C=O) groups excluding carboxylic acids is 1. The molecular formula is C12H16F3N3O2. The first-order valence-corrected chi connectivity index (χ1v) is 6.25. The van der Waals surface area contributed by atoms with Crippen LogP contribution in [0.25, 0.3) is 0 Å². The van der Waals surface area contributed by atoms with E-state index in [0.29, 0.717) is 13.0 Å². The van der Waals surface area contributed by atoms with E-state index in [-0.39, 0.29) is 5.56 Å². The summed E-state index contributed by atoms with van der Waals surface area (Å²) < 4.78 is 39.3. The summed E-state index contributed by atoms with van der Waals surface area (Å²) >= 11 is 0. The summed E-state index contributed by atoms with van der Waals surface area (Å²) in [5.74, 6) is -0.651. The van der Waals surface area contributed by atoms with Gasteiger partial charge in [0.15, 0.2) is 6.10 Å². The zero-order valence-electron chi connectivity index (χ0n) is 11.2. The fourth-order valence-corrected chi connectivity index (χ4v) is 2.29. The number of nitrogens with one attached hydrogen (secondary N) is 1. The van der Waals surface area contributed by atoms with Gasteiger partial charge in [-0.1, -0.05) is 0 Å². The van der Waals surface area contributed by atoms with Crippen molar-refractivity contribution < 1.29 is 23.1 Å². The first-order chi connectivity index (χ1) is 9.13. The number of hydrogen-bond acceptors (Lipinski definition) is 3. The van der Waals surface area contributed by atoms with E-state index in [2.05, 4.69) is 10.4 Å². The normalized spacial score (nSPS) is 16.9. The summed E-state index contributed by atoms with van der Waals surface area (Å²) in [6.45, 7) is 2.97. The van der Waals surface area contributed by atoms with Crippen LogP contribution in [0.5, 0.6) is 0 Å². The number of aromatic nitrogens is 2. The molecule has 1 amide bonds. The predicted molar refractivity (Wildman–Crippen MR) is 64.2 cm³/mol. The highest BCUT2D eigenvalue weighted by molar-refractivity contribution is 5.95. The minimum absolute atomic E-state index is 0.268. The van der Waals surface area contributed by atoms with E-state index in [1.165, 1.54) is 6.20 Å². The Labute approximate surface area is 113 Å². The maximum absolute atomic E-state index is 12.5. The molecule has 0 fully saturated rings. The SMILES string of the molecule is CC(C)(NC(=O)c1cnn2c1CCC2)C(O)C(F)(F)F. The monoisotopic (exact) mass is 291 g/mol. The zero-order chi connectivity index (χ0) is 15.1. The van der Waals surface area contributed by atoms with E-state index < -0.39 is 23.7 Å². The maximum atomic E-state index is 12.5. The zero-order valence-corrected chi connectivity index (χ0v) is 11.2. The van der Waals surface area contributed by atoms with Gasteiger partial charge >= 0.3 is 6.18 Å². The Bertz CT molecular complexity index is 523. The van der Waals surface area contributed by atoms with Crippen LogP contribution in [0, 0.1) is 0 Å². The van der Waals surface area contributed by atoms with Crippen molar-refractivity contribution >= 4 is 5.91 Å². The Morgan fingerprint density at radius 1 is 1.50 bits per heavy atom. The van der Waals surface area contributed by atoms with Crippen LogP contribution < -0.4 is 5.32 Å². The van der Waals surface area contributed by atoms with Crippen molar-refractivity contribution in [1.82, 2.24) is 15.1 Å². The van der Waals surface area contributed by atoms with E-state index in [9.17, 15) is 23.1 Å². The summed E-state index contributed by atoms with van der Waals surface area (Å²) in [7, 11) is 0. The number of hydrogen-bond donors (Lipinski definition) is 2. The molecule has 0 saturated carbocycles. The summed E-state index contributed by atoms with van der Waals surface area (Å²) in [5.41, 5.74) is -0.826. The molecule has 1 aliphatic heterocycles. The molecule has 1 unspecified atom stereocenters. The summed E-state index contributed by atoms with van der Waals surface area (Å²) in [6.07, 6.45) is -4.55. The highest BCUT2D eigenvalue weighted by Gasteiger charge is 2.48. The van der Waals surface area contributed by atoms with E-state index in [0.717, 1.165) is 26.0 Å². The van der Waals surface area contributed by atoms with Crippen molar-refractivity contribution in [1.29, 1.82) is 0 Å². The van der Waals surface area contributed by atoms with E-state index >= 15 is 0 Å². The molecule has 0 radical (unpaired) electrons. The molecule has 20 heavy (non-hydrogen) atoms. The third-order valence-corrected chi connectivity index (χ3v) is 3.41. The molecule has 1 aromatic heterocycles. The van der Waals surface area contributed by atoms with Crippen LogP contribution in [0.3, 0.4) is 0 Å². The number of rotatable bonds is 3. The van der Waals surface area contributed by atoms with Crippen molar-refractivity contribution in [2.45, 2.75) is 51.1 Å². The number of aryl methyl sites for hydroxylation is 1. The molecule has 0 bridgehead atoms. The predicted octanol–water partition coefficient (Wildman–Crippen LogP) is 1.26. The smallest absolute Gasteiger partial charge is 0.382 e. The number of nitrogens with zero attached hydrogens (tertiary/aromatic N) is 2. The summed E-state index contributed by atoms with van der Waals surface area (Å²) in [6, 6.07) is 0. The molecule has 1 aromatic rings. The molecule has 0 aromatic carbocycles. The molecule has 2 N–H and O–H groups in total. The van der Waals surface area contributed by atoms with Crippen LogP contribution in [-0.2, 0) is 13.0 Å². The van der Waals surface area contributed by atoms with Gasteiger partial charge in [-0.05, 0) is 26.7 Å². The van der Waals surface area contributed by atoms with Crippen molar-refractivity contribution in [3.63, 3.8) is 0 Å². The second-order valence-electron chi connectivity index (χ2n) is 5.45. The molecule has 0 aliphatic carbocycles. The average Bonchev–Trinajstić information content (AvgIpc) is 2.86. The summed E-state index contributed by atoms with van der Waals surface area (Å²) in [5, 5.41) is 15.5. The average molecular weight is 291 g/mol. The highest BCUT2D eigenvalue weighted by Crippen LogP contribution is 2.28. The second-order valence-corrected chi connectivity index (χ2v) is 5.45. The third kappa shape index (κ3) is 2.65. The Hall–Kier alpha value is -1.57. The van der Waals surface area contributed by atoms with Crippen LogP contribution in [0.2, 0.25) is 0 Å². The molecule has 1 atom stereocenters. The maximum Gasteiger partial charge on any atom is 0.416 e. The lowest BCUT2D eigenvalue weighted by Crippen LogP contribution is -2.57. The first kappa shape index (κ1) is 14.8. The molecule has 0 spiro atoms. The van der Waals surface area contributed by atoms with Gasteiger partial charge in [0.2, 0.25) is 0 Å². The number of carbonyl (C=O) groups is 1. The quantitative estimate of drug-likeness (QED) is 0.881. The standard InChI is InChI=1S/C12H16F3N3O2/c1-11(2,10(20)12(13,14)15)17-9(19)7-6-16-18-5-3-4-8(7)18/h6,10,20H,3-5H2,1-2H3,(H,17,19). The van der Waals surface area contributed by atoms with Crippen LogP contribution in [0.1, 0.15) is 36.3 Å². The Kier molecular flexibility index (Phi) is 3.53. The number of aliphatic hydroxyl groups excluding tert-OH is 1. The molecule has 1 aliphatic rings. The van der Waals surface area contributed by atoms with Crippen molar-refractivity contribution in [3.8, 4) is 0 Å². The number of halogens is 3. The van der Waals surface area contributed by atoms with Crippen LogP contribution in [0.15, 0.2) is 6.20 Å². The van der Waals surface area contributed by atoms with E-state index in [4.69, 9.17) is 0 Å². The lowest BCUT2D eigenvalue weighted by Gasteiger charge is -2.32. The number of amides is 1. The van der Waals surface area contributed by atoms with Gasteiger partial charge in [0.05, 0.1) is 23.0 Å². The lowest BCUT2D eigenvalue weighted by atomic mass is 9.96. The molecule has 0 saturated heterocycles. The van der Waals surface area contributed by atoms with E-state index in [1.807, 2.05) is 0 Å². The van der Waals surface area contributed by atoms with Crippen molar-refractivity contribution in [2.24, 2.45) is 0 Å². The topological polar surface area (TPSA) is 67.2 Å². The number of fused-ring (bicyclic) bond motifs is 1. The number of aliphatic hydroxyl groups is 1. The first-order valence-electron chi connectivity index (χ1n) is 6.25. The van der Waals surface area contributed by atoms with E-state index in [1.54, 1.807) is 4.68 Å². The van der Waals surface area contributed by atoms with Gasteiger partial charge in [-0.3, -0.25) is 9.48 Å². The molecule has 2 rings (SSSR count). The Morgan fingerprint density at radius 3 is 2.75 bits per heavy atom. The van der Waals surface area contributed by atoms with Crippen LogP contribution in [-0.4, -0.2) is 38.6 Å². The van der Waals surface area contributed by atoms with Crippen LogP contribution >= 0.6 is 0 Å². The van der Waals surface area contributed by atoms with Crippen LogP contribution in [0.4, 0.5) is 13.2 Å². The van der Waals surface area contributed by atoms with Gasteiger partial charge in [0.1, 0.15) is 0 Å². The van der Waals surface area contributed by atoms with Gasteiger partial charge in [0.25, 0.3) is 5.91 Å². The van der Waals surface area contributed by atoms with Gasteiger partial charge in [-0.2, -0.15) is 18.3 Å². The molecule has 5 nitrogen and oxygen atoms in total. The van der Waals surface area contributed by atoms with Gasteiger partial charge in [-0.25, -0.2) is 0 Å². The van der Waals surface area contributed by atoms with Gasteiger partial charge < -0.3 is 10.4 Å². The molecular weight excluding hydrogens is 275 g/mol. The minimum atomic E-state index is -4.79. The fraction of sp³-hybridized carbons (Fsp3) is 0.667. The molecule has 2 heterocycles.